The second-order valence-electron chi connectivity index (χ2n) is 4.05. The molecule has 0 aliphatic rings. The van der Waals surface area contributed by atoms with Crippen LogP contribution in [0.1, 0.15) is 12.5 Å². The van der Waals surface area contributed by atoms with Crippen LogP contribution in [-0.4, -0.2) is 31.8 Å². The Balaban J connectivity index is 2.39. The normalized spacial score (nSPS) is 10.5. The van der Waals surface area contributed by atoms with E-state index in [1.54, 1.807) is 27.3 Å². The van der Waals surface area contributed by atoms with Crippen LogP contribution in [0.2, 0.25) is 0 Å². The molecule has 2 aromatic rings. The van der Waals surface area contributed by atoms with Crippen molar-refractivity contribution in [3.05, 3.63) is 23.9 Å². The summed E-state index contributed by atoms with van der Waals surface area (Å²) in [7, 11) is 3.17. The minimum absolute atomic E-state index is 0.238. The maximum atomic E-state index is 11.5. The minimum Gasteiger partial charge on any atom is -0.493 e. The molecule has 2 rings (SSSR count). The first-order valence-electron chi connectivity index (χ1n) is 6.07. The second-order valence-corrected chi connectivity index (χ2v) is 4.05. The van der Waals surface area contributed by atoms with E-state index in [1.165, 1.54) is 0 Å². The van der Waals surface area contributed by atoms with Crippen molar-refractivity contribution < 1.29 is 19.0 Å². The Bertz CT molecular complexity index is 588. The molecule has 0 aliphatic heterocycles. The van der Waals surface area contributed by atoms with Gasteiger partial charge in [-0.25, -0.2) is 0 Å². The zero-order valence-corrected chi connectivity index (χ0v) is 11.3. The van der Waals surface area contributed by atoms with Crippen molar-refractivity contribution in [3.8, 4) is 11.5 Å². The molecule has 1 aromatic heterocycles. The van der Waals surface area contributed by atoms with Gasteiger partial charge in [0, 0.05) is 23.2 Å². The van der Waals surface area contributed by atoms with Gasteiger partial charge in [-0.05, 0) is 18.6 Å². The molecule has 5 heteroatoms. The van der Waals surface area contributed by atoms with Crippen LogP contribution in [-0.2, 0) is 16.0 Å². The first-order chi connectivity index (χ1) is 9.19. The first kappa shape index (κ1) is 13.3. The van der Waals surface area contributed by atoms with Gasteiger partial charge in [0.2, 0.25) is 0 Å². The van der Waals surface area contributed by atoms with Gasteiger partial charge in [0.25, 0.3) is 0 Å². The molecule has 1 aromatic carbocycles. The van der Waals surface area contributed by atoms with Crippen molar-refractivity contribution >= 4 is 16.9 Å². The van der Waals surface area contributed by atoms with Gasteiger partial charge < -0.3 is 19.2 Å². The SMILES string of the molecule is CCOC(=O)Cc1c[nH]c2cc(OC)c(OC)cc12. The van der Waals surface area contributed by atoms with Gasteiger partial charge in [0.05, 0.1) is 27.2 Å². The number of methoxy groups -OCH3 is 2. The summed E-state index contributed by atoms with van der Waals surface area (Å²) in [6.45, 7) is 2.18. The van der Waals surface area contributed by atoms with Gasteiger partial charge in [-0.2, -0.15) is 0 Å². The molecule has 0 amide bonds. The van der Waals surface area contributed by atoms with E-state index >= 15 is 0 Å². The topological polar surface area (TPSA) is 60.6 Å². The molecule has 1 N–H and O–H groups in total. The molecule has 0 radical (unpaired) electrons. The number of H-pyrrole nitrogens is 1. The van der Waals surface area contributed by atoms with Crippen LogP contribution < -0.4 is 9.47 Å². The van der Waals surface area contributed by atoms with Gasteiger partial charge in [0.1, 0.15) is 0 Å². The average molecular weight is 263 g/mol. The van der Waals surface area contributed by atoms with Gasteiger partial charge in [-0.15, -0.1) is 0 Å². The second kappa shape index (κ2) is 5.65. The van der Waals surface area contributed by atoms with Crippen molar-refractivity contribution in [2.24, 2.45) is 0 Å². The van der Waals surface area contributed by atoms with Crippen molar-refractivity contribution in [3.63, 3.8) is 0 Å². The lowest BCUT2D eigenvalue weighted by Crippen LogP contribution is -2.06. The molecule has 0 saturated heterocycles. The van der Waals surface area contributed by atoms with E-state index < -0.39 is 0 Å². The fourth-order valence-corrected chi connectivity index (χ4v) is 2.02. The molecule has 0 spiro atoms. The van der Waals surface area contributed by atoms with Crippen LogP contribution in [0.3, 0.4) is 0 Å². The molecule has 0 saturated carbocycles. The quantitative estimate of drug-likeness (QED) is 0.841. The van der Waals surface area contributed by atoms with E-state index in [9.17, 15) is 4.79 Å². The number of esters is 1. The molecule has 0 aliphatic carbocycles. The van der Waals surface area contributed by atoms with Crippen molar-refractivity contribution in [1.82, 2.24) is 4.98 Å². The number of benzene rings is 1. The lowest BCUT2D eigenvalue weighted by molar-refractivity contribution is -0.142. The van der Waals surface area contributed by atoms with E-state index in [0.29, 0.717) is 18.1 Å². The van der Waals surface area contributed by atoms with Crippen molar-refractivity contribution in [2.45, 2.75) is 13.3 Å². The van der Waals surface area contributed by atoms with Crippen LogP contribution in [0.15, 0.2) is 18.3 Å². The molecular weight excluding hydrogens is 246 g/mol. The summed E-state index contributed by atoms with van der Waals surface area (Å²) in [6, 6.07) is 3.71. The van der Waals surface area contributed by atoms with Gasteiger partial charge in [0.15, 0.2) is 11.5 Å². The number of nitrogens with one attached hydrogen (secondary N) is 1. The number of aromatic amines is 1. The van der Waals surface area contributed by atoms with Crippen molar-refractivity contribution in [2.75, 3.05) is 20.8 Å². The molecule has 0 bridgehead atoms. The molecule has 5 nitrogen and oxygen atoms in total. The monoisotopic (exact) mass is 263 g/mol. The third kappa shape index (κ3) is 2.65. The highest BCUT2D eigenvalue weighted by atomic mass is 16.5. The highest BCUT2D eigenvalue weighted by Gasteiger charge is 2.13. The Hall–Kier alpha value is -2.17. The van der Waals surface area contributed by atoms with Crippen LogP contribution >= 0.6 is 0 Å². The lowest BCUT2D eigenvalue weighted by Gasteiger charge is -2.08. The Morgan fingerprint density at radius 1 is 1.21 bits per heavy atom. The fraction of sp³-hybridized carbons (Fsp3) is 0.357. The lowest BCUT2D eigenvalue weighted by atomic mass is 10.1. The number of fused-ring (bicyclic) bond motifs is 1. The summed E-state index contributed by atoms with van der Waals surface area (Å²) < 4.78 is 15.5. The fourth-order valence-electron chi connectivity index (χ4n) is 2.02. The Kier molecular flexibility index (Phi) is 3.94. The summed E-state index contributed by atoms with van der Waals surface area (Å²) >= 11 is 0. The molecule has 0 unspecified atom stereocenters. The summed E-state index contributed by atoms with van der Waals surface area (Å²) in [6.07, 6.45) is 2.05. The predicted molar refractivity (Wildman–Crippen MR) is 71.7 cm³/mol. The highest BCUT2D eigenvalue weighted by molar-refractivity contribution is 5.89. The minimum atomic E-state index is -0.238. The summed E-state index contributed by atoms with van der Waals surface area (Å²) in [5.74, 6) is 1.05. The van der Waals surface area contributed by atoms with Crippen molar-refractivity contribution in [1.29, 1.82) is 0 Å². The smallest absolute Gasteiger partial charge is 0.310 e. The number of carbonyl (C=O) groups excluding carboxylic acids is 1. The number of hydrogen-bond donors (Lipinski definition) is 1. The summed E-state index contributed by atoms with van der Waals surface area (Å²) in [5.41, 5.74) is 1.78. The average Bonchev–Trinajstić information content (AvgIpc) is 2.79. The Labute approximate surface area is 111 Å². The Morgan fingerprint density at radius 3 is 2.53 bits per heavy atom. The molecule has 0 atom stereocenters. The zero-order valence-electron chi connectivity index (χ0n) is 11.3. The number of rotatable bonds is 5. The van der Waals surface area contributed by atoms with Gasteiger partial charge >= 0.3 is 5.97 Å². The van der Waals surface area contributed by atoms with E-state index in [-0.39, 0.29) is 12.4 Å². The van der Waals surface area contributed by atoms with Crippen LogP contribution in [0.25, 0.3) is 10.9 Å². The maximum Gasteiger partial charge on any atom is 0.310 e. The summed E-state index contributed by atoms with van der Waals surface area (Å²) in [4.78, 5) is 14.7. The highest BCUT2D eigenvalue weighted by Crippen LogP contribution is 2.33. The van der Waals surface area contributed by atoms with E-state index in [0.717, 1.165) is 16.5 Å². The standard InChI is InChI=1S/C14H17NO4/c1-4-19-14(16)5-9-8-15-11-7-13(18-3)12(17-2)6-10(9)11/h6-8,15H,4-5H2,1-3H3. The predicted octanol–water partition coefficient (Wildman–Crippen LogP) is 2.29. The third-order valence-electron chi connectivity index (χ3n) is 2.91. The molecule has 19 heavy (non-hydrogen) atoms. The third-order valence-corrected chi connectivity index (χ3v) is 2.91. The number of hydrogen-bond acceptors (Lipinski definition) is 4. The number of carbonyl (C=O) groups is 1. The van der Waals surface area contributed by atoms with Gasteiger partial charge in [-0.3, -0.25) is 4.79 Å². The molecular formula is C14H17NO4. The largest absolute Gasteiger partial charge is 0.493 e. The van der Waals surface area contributed by atoms with Crippen LogP contribution in [0.5, 0.6) is 11.5 Å². The Morgan fingerprint density at radius 2 is 1.89 bits per heavy atom. The van der Waals surface area contributed by atoms with Crippen LogP contribution in [0, 0.1) is 0 Å². The molecule has 1 heterocycles. The zero-order chi connectivity index (χ0) is 13.8. The van der Waals surface area contributed by atoms with E-state index in [1.807, 2.05) is 12.1 Å². The van der Waals surface area contributed by atoms with Crippen LogP contribution in [0.4, 0.5) is 0 Å². The number of ether oxygens (including phenoxy) is 3. The number of aromatic nitrogens is 1. The molecule has 0 fully saturated rings. The first-order valence-corrected chi connectivity index (χ1v) is 6.07. The van der Waals surface area contributed by atoms with E-state index in [4.69, 9.17) is 14.2 Å². The van der Waals surface area contributed by atoms with E-state index in [2.05, 4.69) is 4.98 Å². The summed E-state index contributed by atoms with van der Waals surface area (Å²) in [5, 5.41) is 0.936. The van der Waals surface area contributed by atoms with Gasteiger partial charge in [-0.1, -0.05) is 0 Å². The maximum absolute atomic E-state index is 11.5. The molecule has 102 valence electrons.